The molecule has 0 aromatic carbocycles. The van der Waals surface area contributed by atoms with Crippen molar-refractivity contribution in [1.82, 2.24) is 10.3 Å². The fourth-order valence-electron chi connectivity index (χ4n) is 1.62. The SMILES string of the molecule is CC(C)C(C)(CC(=O)NCc1ccncc1)C(=O)O. The Morgan fingerprint density at radius 2 is 1.95 bits per heavy atom. The summed E-state index contributed by atoms with van der Waals surface area (Å²) in [6.07, 6.45) is 3.28. The summed E-state index contributed by atoms with van der Waals surface area (Å²) < 4.78 is 0. The van der Waals surface area contributed by atoms with E-state index in [4.69, 9.17) is 0 Å². The second-order valence-electron chi connectivity index (χ2n) is 5.19. The minimum atomic E-state index is -1.04. The van der Waals surface area contributed by atoms with Crippen LogP contribution in [0.5, 0.6) is 0 Å². The summed E-state index contributed by atoms with van der Waals surface area (Å²) in [6.45, 7) is 5.61. The minimum Gasteiger partial charge on any atom is -0.481 e. The summed E-state index contributed by atoms with van der Waals surface area (Å²) in [6, 6.07) is 3.61. The zero-order valence-electron chi connectivity index (χ0n) is 11.5. The van der Waals surface area contributed by atoms with E-state index in [9.17, 15) is 14.7 Å². The van der Waals surface area contributed by atoms with Crippen molar-refractivity contribution >= 4 is 11.9 Å². The van der Waals surface area contributed by atoms with Gasteiger partial charge in [-0.05, 0) is 30.5 Å². The number of pyridine rings is 1. The number of rotatable bonds is 6. The maximum atomic E-state index is 11.9. The number of carboxylic acids is 1. The lowest BCUT2D eigenvalue weighted by Gasteiger charge is -2.28. The van der Waals surface area contributed by atoms with E-state index in [2.05, 4.69) is 10.3 Å². The quantitative estimate of drug-likeness (QED) is 0.821. The van der Waals surface area contributed by atoms with Gasteiger partial charge < -0.3 is 10.4 Å². The van der Waals surface area contributed by atoms with E-state index in [1.807, 2.05) is 13.8 Å². The summed E-state index contributed by atoms with van der Waals surface area (Å²) in [5.74, 6) is -1.31. The molecule has 1 aromatic heterocycles. The van der Waals surface area contributed by atoms with E-state index in [-0.39, 0.29) is 18.2 Å². The molecule has 0 aliphatic heterocycles. The van der Waals surface area contributed by atoms with Gasteiger partial charge in [-0.15, -0.1) is 0 Å². The lowest BCUT2D eigenvalue weighted by atomic mass is 9.76. The molecule has 2 N–H and O–H groups in total. The number of hydrogen-bond donors (Lipinski definition) is 2. The van der Waals surface area contributed by atoms with E-state index in [0.717, 1.165) is 5.56 Å². The third-order valence-corrected chi connectivity index (χ3v) is 3.53. The van der Waals surface area contributed by atoms with Crippen molar-refractivity contribution in [3.8, 4) is 0 Å². The first-order chi connectivity index (χ1) is 8.86. The third kappa shape index (κ3) is 4.05. The summed E-state index contributed by atoms with van der Waals surface area (Å²) in [5, 5.41) is 12.0. The highest BCUT2D eigenvalue weighted by molar-refractivity contribution is 5.84. The van der Waals surface area contributed by atoms with Crippen molar-refractivity contribution < 1.29 is 14.7 Å². The maximum Gasteiger partial charge on any atom is 0.310 e. The molecule has 1 heterocycles. The molecule has 0 radical (unpaired) electrons. The van der Waals surface area contributed by atoms with Gasteiger partial charge in [0.2, 0.25) is 5.91 Å². The number of hydrogen-bond acceptors (Lipinski definition) is 3. The van der Waals surface area contributed by atoms with Crippen LogP contribution in [0.15, 0.2) is 24.5 Å². The zero-order chi connectivity index (χ0) is 14.5. The molecule has 0 fully saturated rings. The fraction of sp³-hybridized carbons (Fsp3) is 0.500. The average molecular weight is 264 g/mol. The van der Waals surface area contributed by atoms with Crippen LogP contribution in [0.1, 0.15) is 32.8 Å². The Morgan fingerprint density at radius 3 is 2.42 bits per heavy atom. The highest BCUT2D eigenvalue weighted by atomic mass is 16.4. The minimum absolute atomic E-state index is 0.0227. The molecule has 0 aliphatic carbocycles. The second kappa shape index (κ2) is 6.31. The van der Waals surface area contributed by atoms with Gasteiger partial charge in [0.25, 0.3) is 0 Å². The highest BCUT2D eigenvalue weighted by Crippen LogP contribution is 2.31. The van der Waals surface area contributed by atoms with Gasteiger partial charge in [0, 0.05) is 25.4 Å². The van der Waals surface area contributed by atoms with Gasteiger partial charge in [-0.2, -0.15) is 0 Å². The van der Waals surface area contributed by atoms with Crippen LogP contribution < -0.4 is 5.32 Å². The Labute approximate surface area is 113 Å². The Morgan fingerprint density at radius 1 is 1.37 bits per heavy atom. The van der Waals surface area contributed by atoms with Gasteiger partial charge in [-0.25, -0.2) is 0 Å². The number of carbonyl (C=O) groups excluding carboxylic acids is 1. The molecule has 5 nitrogen and oxygen atoms in total. The molecule has 0 aliphatic rings. The van der Waals surface area contributed by atoms with Crippen LogP contribution in [-0.2, 0) is 16.1 Å². The molecule has 0 spiro atoms. The van der Waals surface area contributed by atoms with Gasteiger partial charge >= 0.3 is 5.97 Å². The first kappa shape index (κ1) is 15.1. The Kier molecular flexibility index (Phi) is 5.03. The van der Waals surface area contributed by atoms with Crippen LogP contribution in [-0.4, -0.2) is 22.0 Å². The van der Waals surface area contributed by atoms with Crippen molar-refractivity contribution in [2.75, 3.05) is 0 Å². The molecule has 1 aromatic rings. The highest BCUT2D eigenvalue weighted by Gasteiger charge is 2.38. The van der Waals surface area contributed by atoms with Crippen LogP contribution in [0.2, 0.25) is 0 Å². The van der Waals surface area contributed by atoms with Crippen LogP contribution in [0, 0.1) is 11.3 Å². The van der Waals surface area contributed by atoms with Gasteiger partial charge in [-0.1, -0.05) is 13.8 Å². The van der Waals surface area contributed by atoms with Gasteiger partial charge in [-0.3, -0.25) is 14.6 Å². The van der Waals surface area contributed by atoms with Crippen LogP contribution in [0.25, 0.3) is 0 Å². The van der Waals surface area contributed by atoms with Crippen molar-refractivity contribution in [3.05, 3.63) is 30.1 Å². The predicted molar refractivity (Wildman–Crippen MR) is 71.3 cm³/mol. The number of carboxylic acid groups (broad SMARTS) is 1. The van der Waals surface area contributed by atoms with Gasteiger partial charge in [0.15, 0.2) is 0 Å². The summed E-state index contributed by atoms with van der Waals surface area (Å²) in [5.41, 5.74) is -0.104. The van der Waals surface area contributed by atoms with Gasteiger partial charge in [0.1, 0.15) is 0 Å². The van der Waals surface area contributed by atoms with Crippen molar-refractivity contribution in [1.29, 1.82) is 0 Å². The monoisotopic (exact) mass is 264 g/mol. The first-order valence-corrected chi connectivity index (χ1v) is 6.25. The van der Waals surface area contributed by atoms with Gasteiger partial charge in [0.05, 0.1) is 5.41 Å². The average Bonchev–Trinajstić information content (AvgIpc) is 2.37. The topological polar surface area (TPSA) is 79.3 Å². The van der Waals surface area contributed by atoms with E-state index in [0.29, 0.717) is 6.54 Å². The summed E-state index contributed by atoms with van der Waals surface area (Å²) >= 11 is 0. The zero-order valence-corrected chi connectivity index (χ0v) is 11.5. The molecule has 0 saturated carbocycles. The molecule has 1 atom stereocenters. The number of aromatic nitrogens is 1. The normalized spacial score (nSPS) is 13.9. The largest absolute Gasteiger partial charge is 0.481 e. The van der Waals surface area contributed by atoms with Crippen LogP contribution >= 0.6 is 0 Å². The molecule has 0 saturated heterocycles. The smallest absolute Gasteiger partial charge is 0.310 e. The Bertz CT molecular complexity index is 445. The molecule has 1 amide bonds. The number of carbonyl (C=O) groups is 2. The predicted octanol–water partition coefficient (Wildman–Crippen LogP) is 1.83. The van der Waals surface area contributed by atoms with Crippen molar-refractivity contribution in [3.63, 3.8) is 0 Å². The first-order valence-electron chi connectivity index (χ1n) is 6.25. The number of nitrogens with zero attached hydrogens (tertiary/aromatic N) is 1. The van der Waals surface area contributed by atoms with Crippen molar-refractivity contribution in [2.24, 2.45) is 11.3 Å². The third-order valence-electron chi connectivity index (χ3n) is 3.53. The fourth-order valence-corrected chi connectivity index (χ4v) is 1.62. The molecular formula is C14H20N2O3. The number of amides is 1. The van der Waals surface area contributed by atoms with E-state index >= 15 is 0 Å². The second-order valence-corrected chi connectivity index (χ2v) is 5.19. The molecule has 5 heteroatoms. The molecule has 19 heavy (non-hydrogen) atoms. The van der Waals surface area contributed by atoms with Crippen LogP contribution in [0.3, 0.4) is 0 Å². The van der Waals surface area contributed by atoms with Crippen LogP contribution in [0.4, 0.5) is 0 Å². The number of nitrogens with one attached hydrogen (secondary N) is 1. The lowest BCUT2D eigenvalue weighted by Crippen LogP contribution is -2.39. The maximum absolute atomic E-state index is 11.9. The standard InChI is InChI=1S/C14H20N2O3/c1-10(2)14(3,13(18)19)8-12(17)16-9-11-4-6-15-7-5-11/h4-7,10H,8-9H2,1-3H3,(H,16,17)(H,18,19). The summed E-state index contributed by atoms with van der Waals surface area (Å²) in [7, 11) is 0. The molecule has 0 bridgehead atoms. The number of aliphatic carboxylic acids is 1. The van der Waals surface area contributed by atoms with Crippen molar-refractivity contribution in [2.45, 2.75) is 33.7 Å². The van der Waals surface area contributed by atoms with E-state index < -0.39 is 11.4 Å². The molecule has 104 valence electrons. The van der Waals surface area contributed by atoms with E-state index in [1.54, 1.807) is 31.5 Å². The molecule has 1 rings (SSSR count). The summed E-state index contributed by atoms with van der Waals surface area (Å²) in [4.78, 5) is 27.0. The van der Waals surface area contributed by atoms with E-state index in [1.165, 1.54) is 0 Å². The molecular weight excluding hydrogens is 244 g/mol. The Hall–Kier alpha value is -1.91. The molecule has 1 unspecified atom stereocenters. The lowest BCUT2D eigenvalue weighted by molar-refractivity contribution is -0.153. The Balaban J connectivity index is 2.57.